The van der Waals surface area contributed by atoms with Gasteiger partial charge in [-0.25, -0.2) is 4.79 Å². The number of carbonyl (C=O) groups excluding carboxylic acids is 1. The number of H-pyrrole nitrogens is 1. The van der Waals surface area contributed by atoms with Gasteiger partial charge in [-0.05, 0) is 43.2 Å². The summed E-state index contributed by atoms with van der Waals surface area (Å²) >= 11 is 0. The monoisotopic (exact) mass is 310 g/mol. The quantitative estimate of drug-likeness (QED) is 0.893. The number of hydrogen-bond donors (Lipinski definition) is 2. The number of aromatic nitrogens is 2. The fourth-order valence-electron chi connectivity index (χ4n) is 3.90. The number of piperidine rings is 1. The molecule has 0 radical (unpaired) electrons. The van der Waals surface area contributed by atoms with Crippen molar-refractivity contribution in [2.45, 2.75) is 44.2 Å². The van der Waals surface area contributed by atoms with Crippen LogP contribution in [0.5, 0.6) is 0 Å². The van der Waals surface area contributed by atoms with Gasteiger partial charge in [-0.15, -0.1) is 0 Å². The number of carbonyl (C=O) groups is 1. The average Bonchev–Trinajstić information content (AvgIpc) is 3.25. The number of likely N-dealkylation sites (tertiary alicyclic amines) is 1. The standard InChI is InChI=1S/C18H22N4O/c23-18(21-16-9-8-13-5-1-2-6-15(13)16)22-10-4-3-7-17(22)14-11-19-20-12-14/h1-2,5-6,11-12,16-17H,3-4,7-10H2,(H,19,20)(H,21,23)/t16-,17+/m1/s1. The van der Waals surface area contributed by atoms with Crippen molar-refractivity contribution in [1.82, 2.24) is 20.4 Å². The lowest BCUT2D eigenvalue weighted by Gasteiger charge is -2.36. The zero-order chi connectivity index (χ0) is 15.6. The Bertz CT molecular complexity index is 682. The summed E-state index contributed by atoms with van der Waals surface area (Å²) in [4.78, 5) is 14.8. The Balaban J connectivity index is 1.50. The Morgan fingerprint density at radius 2 is 2.17 bits per heavy atom. The summed E-state index contributed by atoms with van der Waals surface area (Å²) in [5, 5.41) is 10.2. The summed E-state index contributed by atoms with van der Waals surface area (Å²) in [6.45, 7) is 0.816. The van der Waals surface area contributed by atoms with Crippen molar-refractivity contribution >= 4 is 6.03 Å². The molecule has 1 aliphatic heterocycles. The van der Waals surface area contributed by atoms with Crippen LogP contribution in [0.1, 0.15) is 54.5 Å². The second kappa shape index (κ2) is 6.07. The molecule has 2 N–H and O–H groups in total. The maximum Gasteiger partial charge on any atom is 0.318 e. The first-order valence-corrected chi connectivity index (χ1v) is 8.46. The average molecular weight is 310 g/mol. The molecule has 0 saturated carbocycles. The Labute approximate surface area is 136 Å². The van der Waals surface area contributed by atoms with Gasteiger partial charge < -0.3 is 10.2 Å². The molecule has 5 nitrogen and oxygen atoms in total. The van der Waals surface area contributed by atoms with Crippen molar-refractivity contribution in [2.75, 3.05) is 6.54 Å². The van der Waals surface area contributed by atoms with Crippen molar-refractivity contribution in [3.05, 3.63) is 53.3 Å². The molecular weight excluding hydrogens is 288 g/mol. The van der Waals surface area contributed by atoms with Gasteiger partial charge in [0.25, 0.3) is 0 Å². The molecule has 23 heavy (non-hydrogen) atoms. The zero-order valence-corrected chi connectivity index (χ0v) is 13.2. The largest absolute Gasteiger partial charge is 0.331 e. The van der Waals surface area contributed by atoms with Gasteiger partial charge in [0.2, 0.25) is 0 Å². The molecule has 2 heterocycles. The van der Waals surface area contributed by atoms with Crippen LogP contribution in [0.25, 0.3) is 0 Å². The normalized spacial score (nSPS) is 23.6. The molecule has 1 saturated heterocycles. The van der Waals surface area contributed by atoms with Crippen molar-refractivity contribution < 1.29 is 4.79 Å². The van der Waals surface area contributed by atoms with Gasteiger partial charge in [0, 0.05) is 18.3 Å². The van der Waals surface area contributed by atoms with E-state index in [1.165, 1.54) is 11.1 Å². The van der Waals surface area contributed by atoms with Crippen LogP contribution < -0.4 is 5.32 Å². The second-order valence-electron chi connectivity index (χ2n) is 6.48. The molecule has 1 aromatic heterocycles. The Hall–Kier alpha value is -2.30. The lowest BCUT2D eigenvalue weighted by molar-refractivity contribution is 0.148. The predicted molar refractivity (Wildman–Crippen MR) is 87.9 cm³/mol. The van der Waals surface area contributed by atoms with Crippen molar-refractivity contribution in [1.29, 1.82) is 0 Å². The molecule has 2 aliphatic rings. The van der Waals surface area contributed by atoms with Crippen molar-refractivity contribution in [3.63, 3.8) is 0 Å². The van der Waals surface area contributed by atoms with Crippen LogP contribution in [0, 0.1) is 0 Å². The smallest absolute Gasteiger partial charge is 0.318 e. The third-order valence-electron chi connectivity index (χ3n) is 5.10. The van der Waals surface area contributed by atoms with Crippen LogP contribution in [0.15, 0.2) is 36.7 Å². The molecule has 2 atom stereocenters. The molecule has 120 valence electrons. The van der Waals surface area contributed by atoms with E-state index in [9.17, 15) is 4.79 Å². The SMILES string of the molecule is O=C(N[C@@H]1CCc2ccccc21)N1CCCC[C@H]1c1cn[nH]c1. The maximum absolute atomic E-state index is 12.9. The minimum atomic E-state index is 0.0533. The number of hydrogen-bond acceptors (Lipinski definition) is 2. The molecule has 5 heteroatoms. The van der Waals surface area contributed by atoms with E-state index in [2.05, 4.69) is 39.8 Å². The predicted octanol–water partition coefficient (Wildman–Crippen LogP) is 3.33. The number of benzene rings is 1. The highest BCUT2D eigenvalue weighted by molar-refractivity contribution is 5.75. The molecule has 1 fully saturated rings. The second-order valence-corrected chi connectivity index (χ2v) is 6.48. The first kappa shape index (κ1) is 14.3. The van der Waals surface area contributed by atoms with E-state index in [0.29, 0.717) is 0 Å². The molecule has 0 spiro atoms. The van der Waals surface area contributed by atoms with Gasteiger partial charge in [-0.1, -0.05) is 24.3 Å². The molecule has 0 unspecified atom stereocenters. The summed E-state index contributed by atoms with van der Waals surface area (Å²) in [7, 11) is 0. The Kier molecular flexibility index (Phi) is 3.77. The van der Waals surface area contributed by atoms with Crippen LogP contribution >= 0.6 is 0 Å². The van der Waals surface area contributed by atoms with Crippen LogP contribution in [0.4, 0.5) is 4.79 Å². The van der Waals surface area contributed by atoms with E-state index in [0.717, 1.165) is 44.2 Å². The summed E-state index contributed by atoms with van der Waals surface area (Å²) in [6, 6.07) is 8.76. The van der Waals surface area contributed by atoms with Crippen LogP contribution in [0.2, 0.25) is 0 Å². The fraction of sp³-hybridized carbons (Fsp3) is 0.444. The van der Waals surface area contributed by atoms with Gasteiger partial charge in [0.1, 0.15) is 0 Å². The van der Waals surface area contributed by atoms with Crippen LogP contribution in [0.3, 0.4) is 0 Å². The zero-order valence-electron chi connectivity index (χ0n) is 13.2. The highest BCUT2D eigenvalue weighted by Gasteiger charge is 2.31. The molecular formula is C18H22N4O. The number of rotatable bonds is 2. The molecule has 4 rings (SSSR count). The summed E-state index contributed by atoms with van der Waals surface area (Å²) in [5.74, 6) is 0. The van der Waals surface area contributed by atoms with Gasteiger partial charge in [0.15, 0.2) is 0 Å². The Morgan fingerprint density at radius 3 is 3.04 bits per heavy atom. The third kappa shape index (κ3) is 2.71. The third-order valence-corrected chi connectivity index (χ3v) is 5.10. The van der Waals surface area contributed by atoms with Crippen LogP contribution in [-0.4, -0.2) is 27.7 Å². The molecule has 2 amide bonds. The van der Waals surface area contributed by atoms with E-state index in [1.807, 2.05) is 17.3 Å². The first-order chi connectivity index (χ1) is 11.3. The molecule has 1 aliphatic carbocycles. The fourth-order valence-corrected chi connectivity index (χ4v) is 3.90. The summed E-state index contributed by atoms with van der Waals surface area (Å²) in [5.41, 5.74) is 3.74. The highest BCUT2D eigenvalue weighted by Crippen LogP contribution is 2.33. The highest BCUT2D eigenvalue weighted by atomic mass is 16.2. The molecule has 1 aromatic carbocycles. The van der Waals surface area contributed by atoms with E-state index < -0.39 is 0 Å². The van der Waals surface area contributed by atoms with Gasteiger partial charge in [-0.2, -0.15) is 5.10 Å². The number of aryl methyl sites for hydroxylation is 1. The number of nitrogens with zero attached hydrogens (tertiary/aromatic N) is 2. The van der Waals surface area contributed by atoms with E-state index in [4.69, 9.17) is 0 Å². The number of aromatic amines is 1. The van der Waals surface area contributed by atoms with Crippen molar-refractivity contribution in [2.24, 2.45) is 0 Å². The summed E-state index contributed by atoms with van der Waals surface area (Å²) < 4.78 is 0. The lowest BCUT2D eigenvalue weighted by Crippen LogP contribution is -2.45. The minimum absolute atomic E-state index is 0.0533. The molecule has 2 aromatic rings. The minimum Gasteiger partial charge on any atom is -0.331 e. The Morgan fingerprint density at radius 1 is 1.26 bits per heavy atom. The number of nitrogens with one attached hydrogen (secondary N) is 2. The maximum atomic E-state index is 12.9. The van der Waals surface area contributed by atoms with E-state index >= 15 is 0 Å². The summed E-state index contributed by atoms with van der Waals surface area (Å²) in [6.07, 6.45) is 9.02. The first-order valence-electron chi connectivity index (χ1n) is 8.46. The topological polar surface area (TPSA) is 61.0 Å². The van der Waals surface area contributed by atoms with E-state index in [-0.39, 0.29) is 18.1 Å². The van der Waals surface area contributed by atoms with Crippen LogP contribution in [-0.2, 0) is 6.42 Å². The van der Waals surface area contributed by atoms with Crippen molar-refractivity contribution in [3.8, 4) is 0 Å². The number of amides is 2. The van der Waals surface area contributed by atoms with Gasteiger partial charge >= 0.3 is 6.03 Å². The van der Waals surface area contributed by atoms with Gasteiger partial charge in [-0.3, -0.25) is 5.10 Å². The number of fused-ring (bicyclic) bond motifs is 1. The lowest BCUT2D eigenvalue weighted by atomic mass is 9.98. The number of urea groups is 1. The van der Waals surface area contributed by atoms with E-state index in [1.54, 1.807) is 0 Å². The van der Waals surface area contributed by atoms with Gasteiger partial charge in [0.05, 0.1) is 18.3 Å². The molecule has 0 bridgehead atoms.